The summed E-state index contributed by atoms with van der Waals surface area (Å²) >= 11 is 0. The largest absolute Gasteiger partial charge is 0.338 e. The first-order valence-electron chi connectivity index (χ1n) is 8.49. The van der Waals surface area contributed by atoms with Crippen LogP contribution in [0.2, 0.25) is 0 Å². The monoisotopic (exact) mass is 346 g/mol. The van der Waals surface area contributed by atoms with Crippen LogP contribution in [-0.2, 0) is 9.59 Å². The second-order valence-electron chi connectivity index (χ2n) is 6.70. The molecule has 0 bridgehead atoms. The smallest absolute Gasteiger partial charge is 0.240 e. The molecule has 134 valence electrons. The number of carbonyl (C=O) groups excluding carboxylic acids is 2. The van der Waals surface area contributed by atoms with Gasteiger partial charge >= 0.3 is 0 Å². The van der Waals surface area contributed by atoms with Gasteiger partial charge in [-0.1, -0.05) is 20.3 Å². The van der Waals surface area contributed by atoms with Gasteiger partial charge in [-0.3, -0.25) is 14.5 Å². The third-order valence-electron chi connectivity index (χ3n) is 5.25. The third-order valence-corrected chi connectivity index (χ3v) is 5.25. The van der Waals surface area contributed by atoms with E-state index in [1.54, 1.807) is 0 Å². The van der Waals surface area contributed by atoms with Crippen LogP contribution in [0.4, 0.5) is 0 Å². The zero-order valence-corrected chi connectivity index (χ0v) is 15.3. The van der Waals surface area contributed by atoms with Crippen molar-refractivity contribution in [2.75, 3.05) is 39.8 Å². The molecule has 0 radical (unpaired) electrons. The molecular weight excluding hydrogens is 316 g/mol. The van der Waals surface area contributed by atoms with Crippen LogP contribution in [0.1, 0.15) is 33.1 Å². The molecule has 7 heteroatoms. The zero-order valence-electron chi connectivity index (χ0n) is 14.5. The predicted octanol–water partition coefficient (Wildman–Crippen LogP) is 0.547. The van der Waals surface area contributed by atoms with Gasteiger partial charge in [0.25, 0.3) is 0 Å². The fourth-order valence-electron chi connectivity index (χ4n) is 3.29. The quantitative estimate of drug-likeness (QED) is 0.807. The van der Waals surface area contributed by atoms with Crippen molar-refractivity contribution in [2.24, 2.45) is 11.7 Å². The summed E-state index contributed by atoms with van der Waals surface area (Å²) in [6.07, 6.45) is 2.95. The molecule has 23 heavy (non-hydrogen) atoms. The SMILES string of the molecule is CCC(C)C(N)C(=O)N1CCN(C(=O)C2CCCN2C)CC1.Cl. The molecule has 3 unspecified atom stereocenters. The standard InChI is InChI=1S/C16H30N4O2.ClH/c1-4-12(2)14(17)16(22)20-10-8-19(9-11-20)15(21)13-6-5-7-18(13)3;/h12-14H,4-11,17H2,1-3H3;1H. The number of hydrogen-bond acceptors (Lipinski definition) is 4. The molecule has 0 aromatic rings. The van der Waals surface area contributed by atoms with Gasteiger partial charge in [-0.15, -0.1) is 12.4 Å². The Morgan fingerprint density at radius 1 is 1.13 bits per heavy atom. The first-order chi connectivity index (χ1) is 10.5. The van der Waals surface area contributed by atoms with Crippen molar-refractivity contribution in [1.82, 2.24) is 14.7 Å². The van der Waals surface area contributed by atoms with E-state index in [9.17, 15) is 9.59 Å². The first kappa shape index (κ1) is 20.2. The van der Waals surface area contributed by atoms with Crippen molar-refractivity contribution in [3.8, 4) is 0 Å². The number of halogens is 1. The van der Waals surface area contributed by atoms with Gasteiger partial charge in [0.05, 0.1) is 12.1 Å². The van der Waals surface area contributed by atoms with E-state index in [-0.39, 0.29) is 36.2 Å². The van der Waals surface area contributed by atoms with Crippen molar-refractivity contribution < 1.29 is 9.59 Å². The lowest BCUT2D eigenvalue weighted by Gasteiger charge is -2.38. The minimum Gasteiger partial charge on any atom is -0.338 e. The maximum absolute atomic E-state index is 12.5. The minimum atomic E-state index is -0.423. The zero-order chi connectivity index (χ0) is 16.3. The van der Waals surface area contributed by atoms with Crippen LogP contribution in [0.5, 0.6) is 0 Å². The number of likely N-dealkylation sites (tertiary alicyclic amines) is 1. The fraction of sp³-hybridized carbons (Fsp3) is 0.875. The van der Waals surface area contributed by atoms with Gasteiger partial charge < -0.3 is 15.5 Å². The first-order valence-corrected chi connectivity index (χ1v) is 8.49. The van der Waals surface area contributed by atoms with Gasteiger partial charge in [0.2, 0.25) is 11.8 Å². The molecule has 2 heterocycles. The molecular formula is C16H31ClN4O2. The van der Waals surface area contributed by atoms with Gasteiger partial charge in [0.1, 0.15) is 0 Å². The summed E-state index contributed by atoms with van der Waals surface area (Å²) in [5.74, 6) is 0.442. The van der Waals surface area contributed by atoms with Crippen molar-refractivity contribution >= 4 is 24.2 Å². The highest BCUT2D eigenvalue weighted by molar-refractivity contribution is 5.85. The maximum Gasteiger partial charge on any atom is 0.240 e. The lowest BCUT2D eigenvalue weighted by Crippen LogP contribution is -2.57. The Labute approximate surface area is 145 Å². The average molecular weight is 347 g/mol. The van der Waals surface area contributed by atoms with Crippen molar-refractivity contribution in [3.05, 3.63) is 0 Å². The summed E-state index contributed by atoms with van der Waals surface area (Å²) in [6.45, 7) is 7.52. The lowest BCUT2D eigenvalue weighted by atomic mass is 9.98. The van der Waals surface area contributed by atoms with Crippen LogP contribution < -0.4 is 5.73 Å². The molecule has 3 atom stereocenters. The normalized spacial score (nSPS) is 25.0. The fourth-order valence-corrected chi connectivity index (χ4v) is 3.29. The molecule has 0 saturated carbocycles. The highest BCUT2D eigenvalue weighted by Gasteiger charge is 2.34. The minimum absolute atomic E-state index is 0. The maximum atomic E-state index is 12.5. The molecule has 2 N–H and O–H groups in total. The summed E-state index contributed by atoms with van der Waals surface area (Å²) < 4.78 is 0. The molecule has 2 fully saturated rings. The summed E-state index contributed by atoms with van der Waals surface area (Å²) in [5, 5.41) is 0. The van der Waals surface area contributed by atoms with E-state index in [2.05, 4.69) is 4.90 Å². The Morgan fingerprint density at radius 2 is 1.70 bits per heavy atom. The Balaban J connectivity index is 0.00000264. The number of amides is 2. The molecule has 2 aliphatic rings. The van der Waals surface area contributed by atoms with Crippen LogP contribution in [0.15, 0.2) is 0 Å². The number of piperazine rings is 1. The lowest BCUT2D eigenvalue weighted by molar-refractivity contribution is -0.143. The molecule has 2 rings (SSSR count). The molecule has 0 aliphatic carbocycles. The number of nitrogens with zero attached hydrogens (tertiary/aromatic N) is 3. The molecule has 0 aromatic carbocycles. The Morgan fingerprint density at radius 3 is 2.17 bits per heavy atom. The Kier molecular flexibility index (Phi) is 7.77. The van der Waals surface area contributed by atoms with Crippen molar-refractivity contribution in [2.45, 2.75) is 45.2 Å². The molecule has 0 spiro atoms. The van der Waals surface area contributed by atoms with Crippen LogP contribution >= 0.6 is 12.4 Å². The van der Waals surface area contributed by atoms with Crippen LogP contribution in [-0.4, -0.2) is 78.4 Å². The second-order valence-corrected chi connectivity index (χ2v) is 6.70. The van der Waals surface area contributed by atoms with Gasteiger partial charge in [-0.2, -0.15) is 0 Å². The van der Waals surface area contributed by atoms with E-state index < -0.39 is 6.04 Å². The summed E-state index contributed by atoms with van der Waals surface area (Å²) in [4.78, 5) is 30.8. The van der Waals surface area contributed by atoms with Gasteiger partial charge in [0, 0.05) is 26.2 Å². The topological polar surface area (TPSA) is 69.9 Å². The van der Waals surface area contributed by atoms with Crippen molar-refractivity contribution in [3.63, 3.8) is 0 Å². The predicted molar refractivity (Wildman–Crippen MR) is 93.5 cm³/mol. The average Bonchev–Trinajstić information content (AvgIpc) is 2.98. The number of carbonyl (C=O) groups is 2. The highest BCUT2D eigenvalue weighted by atomic mass is 35.5. The molecule has 2 saturated heterocycles. The van der Waals surface area contributed by atoms with Gasteiger partial charge in [-0.25, -0.2) is 0 Å². The van der Waals surface area contributed by atoms with E-state index in [0.29, 0.717) is 26.2 Å². The van der Waals surface area contributed by atoms with Gasteiger partial charge in [-0.05, 0) is 32.4 Å². The third kappa shape index (κ3) is 4.58. The number of likely N-dealkylation sites (N-methyl/N-ethyl adjacent to an activating group) is 1. The molecule has 2 amide bonds. The number of hydrogen-bond donors (Lipinski definition) is 1. The summed E-state index contributed by atoms with van der Waals surface area (Å²) in [6, 6.07) is -0.391. The van der Waals surface area contributed by atoms with E-state index in [1.807, 2.05) is 30.7 Å². The van der Waals surface area contributed by atoms with E-state index in [0.717, 1.165) is 25.8 Å². The molecule has 2 aliphatic heterocycles. The van der Waals surface area contributed by atoms with E-state index in [1.165, 1.54) is 0 Å². The van der Waals surface area contributed by atoms with Crippen LogP contribution in [0.25, 0.3) is 0 Å². The summed E-state index contributed by atoms with van der Waals surface area (Å²) in [5.41, 5.74) is 6.04. The van der Waals surface area contributed by atoms with Crippen LogP contribution in [0, 0.1) is 5.92 Å². The van der Waals surface area contributed by atoms with E-state index >= 15 is 0 Å². The van der Waals surface area contributed by atoms with E-state index in [4.69, 9.17) is 5.73 Å². The molecule has 0 aromatic heterocycles. The Bertz CT molecular complexity index is 413. The van der Waals surface area contributed by atoms with Crippen molar-refractivity contribution in [1.29, 1.82) is 0 Å². The second kappa shape index (κ2) is 8.85. The Hall–Kier alpha value is -0.850. The summed E-state index contributed by atoms with van der Waals surface area (Å²) in [7, 11) is 2.01. The number of nitrogens with two attached hydrogens (primary N) is 1. The molecule has 6 nitrogen and oxygen atoms in total. The number of rotatable bonds is 4. The highest BCUT2D eigenvalue weighted by Crippen LogP contribution is 2.18. The van der Waals surface area contributed by atoms with Gasteiger partial charge in [0.15, 0.2) is 0 Å². The van der Waals surface area contributed by atoms with Crippen LogP contribution in [0.3, 0.4) is 0 Å².